The van der Waals surface area contributed by atoms with Gasteiger partial charge in [-0.3, -0.25) is 0 Å². The van der Waals surface area contributed by atoms with Crippen molar-refractivity contribution in [3.63, 3.8) is 0 Å². The van der Waals surface area contributed by atoms with Crippen molar-refractivity contribution in [3.8, 4) is 0 Å². The Morgan fingerprint density at radius 2 is 2.11 bits per heavy atom. The molecule has 2 heterocycles. The first kappa shape index (κ1) is 20.9. The summed E-state index contributed by atoms with van der Waals surface area (Å²) in [6, 6.07) is 6.49. The molecule has 1 aromatic heterocycles. The summed E-state index contributed by atoms with van der Waals surface area (Å²) in [5.41, 5.74) is -0.407. The summed E-state index contributed by atoms with van der Waals surface area (Å²) in [6.07, 6.45) is -7.20. The molecule has 10 heteroatoms. The number of alkyl halides is 5. The van der Waals surface area contributed by atoms with E-state index >= 15 is 0 Å². The SMILES string of the molecule is CC1(Sc2cccc(C(F)(F)F)c2)CCOC(c2cc(CC(F)F)nn2O)C1. The highest BCUT2D eigenvalue weighted by atomic mass is 32.2. The van der Waals surface area contributed by atoms with Gasteiger partial charge in [-0.05, 0) is 44.0 Å². The Morgan fingerprint density at radius 1 is 1.36 bits per heavy atom. The van der Waals surface area contributed by atoms with Crippen molar-refractivity contribution in [2.75, 3.05) is 6.61 Å². The number of aromatic nitrogens is 2. The zero-order valence-corrected chi connectivity index (χ0v) is 15.7. The maximum absolute atomic E-state index is 12.9. The fourth-order valence-corrected chi connectivity index (χ4v) is 4.51. The Bertz CT molecular complexity index is 827. The Balaban J connectivity index is 1.76. The molecule has 0 amide bonds. The van der Waals surface area contributed by atoms with E-state index in [0.29, 0.717) is 29.2 Å². The van der Waals surface area contributed by atoms with E-state index in [1.165, 1.54) is 23.9 Å². The molecule has 2 unspecified atom stereocenters. The minimum absolute atomic E-state index is 0.0499. The predicted octanol–water partition coefficient (Wildman–Crippen LogP) is 5.35. The van der Waals surface area contributed by atoms with Crippen LogP contribution in [0.5, 0.6) is 0 Å². The molecule has 1 aliphatic rings. The second-order valence-corrected chi connectivity index (χ2v) is 8.60. The van der Waals surface area contributed by atoms with Crippen LogP contribution in [0.1, 0.15) is 42.8 Å². The number of hydrogen-bond donors (Lipinski definition) is 1. The summed E-state index contributed by atoms with van der Waals surface area (Å²) >= 11 is 1.31. The Hall–Kier alpha value is -1.81. The molecule has 1 fully saturated rings. The third kappa shape index (κ3) is 4.96. The molecular formula is C18H19F5N2O2S. The van der Waals surface area contributed by atoms with Crippen molar-refractivity contribution >= 4 is 11.8 Å². The van der Waals surface area contributed by atoms with Gasteiger partial charge in [0.05, 0.1) is 17.7 Å². The van der Waals surface area contributed by atoms with E-state index in [-0.39, 0.29) is 11.4 Å². The van der Waals surface area contributed by atoms with Crippen LogP contribution in [-0.4, -0.2) is 32.9 Å². The predicted molar refractivity (Wildman–Crippen MR) is 92.8 cm³/mol. The fourth-order valence-electron chi connectivity index (χ4n) is 3.19. The van der Waals surface area contributed by atoms with Crippen molar-refractivity contribution in [1.29, 1.82) is 0 Å². The van der Waals surface area contributed by atoms with Gasteiger partial charge >= 0.3 is 6.18 Å². The number of rotatable bonds is 5. The molecule has 1 aliphatic heterocycles. The van der Waals surface area contributed by atoms with Crippen LogP contribution in [0, 0.1) is 0 Å². The summed E-state index contributed by atoms with van der Waals surface area (Å²) in [5.74, 6) is 0. The first-order valence-electron chi connectivity index (χ1n) is 8.60. The number of hydrogen-bond acceptors (Lipinski definition) is 4. The highest BCUT2D eigenvalue weighted by Gasteiger charge is 2.37. The Labute approximate surface area is 162 Å². The van der Waals surface area contributed by atoms with Gasteiger partial charge in [-0.15, -0.1) is 21.7 Å². The number of ether oxygens (including phenoxy) is 1. The van der Waals surface area contributed by atoms with Gasteiger partial charge in [-0.25, -0.2) is 8.78 Å². The van der Waals surface area contributed by atoms with Crippen molar-refractivity contribution in [2.45, 2.75) is 54.5 Å². The standard InChI is InChI=1S/C18H19F5N2O2S/c1-17(28-13-4-2-3-11(7-13)18(21,22)23)5-6-27-15(10-17)14-8-12(9-16(19)20)24-25(14)26/h2-4,7-8,15-16,26H,5-6,9-10H2,1H3. The highest BCUT2D eigenvalue weighted by Crippen LogP contribution is 2.46. The van der Waals surface area contributed by atoms with Gasteiger partial charge in [-0.1, -0.05) is 6.07 Å². The molecule has 0 bridgehead atoms. The highest BCUT2D eigenvalue weighted by molar-refractivity contribution is 8.00. The van der Waals surface area contributed by atoms with Crippen molar-refractivity contribution < 1.29 is 31.9 Å². The van der Waals surface area contributed by atoms with Gasteiger partial charge in [0.1, 0.15) is 11.8 Å². The summed E-state index contributed by atoms with van der Waals surface area (Å²) in [4.78, 5) is 1.03. The van der Waals surface area contributed by atoms with Gasteiger partial charge < -0.3 is 9.94 Å². The molecule has 154 valence electrons. The second-order valence-electron chi connectivity index (χ2n) is 6.94. The smallest absolute Gasteiger partial charge is 0.411 e. The normalized spacial score (nSPS) is 23.3. The molecule has 1 N–H and O–H groups in total. The van der Waals surface area contributed by atoms with Crippen molar-refractivity contribution in [2.24, 2.45) is 0 Å². The van der Waals surface area contributed by atoms with Gasteiger partial charge in [0.2, 0.25) is 6.43 Å². The minimum Gasteiger partial charge on any atom is -0.411 e. The molecule has 0 aliphatic carbocycles. The number of nitrogens with zero attached hydrogens (tertiary/aromatic N) is 2. The van der Waals surface area contributed by atoms with Gasteiger partial charge in [-0.2, -0.15) is 13.2 Å². The van der Waals surface area contributed by atoms with E-state index in [0.717, 1.165) is 12.1 Å². The Morgan fingerprint density at radius 3 is 2.79 bits per heavy atom. The summed E-state index contributed by atoms with van der Waals surface area (Å²) in [6.45, 7) is 2.23. The molecule has 4 nitrogen and oxygen atoms in total. The van der Waals surface area contributed by atoms with Crippen LogP contribution in [0.4, 0.5) is 22.0 Å². The molecule has 0 saturated carbocycles. The van der Waals surface area contributed by atoms with Crippen molar-refractivity contribution in [1.82, 2.24) is 9.94 Å². The number of thioether (sulfide) groups is 1. The van der Waals surface area contributed by atoms with E-state index in [9.17, 15) is 27.2 Å². The quantitative estimate of drug-likeness (QED) is 0.521. The lowest BCUT2D eigenvalue weighted by atomic mass is 9.94. The van der Waals surface area contributed by atoms with E-state index in [2.05, 4.69) is 5.10 Å². The molecular weight excluding hydrogens is 403 g/mol. The topological polar surface area (TPSA) is 47.3 Å². The van der Waals surface area contributed by atoms with E-state index in [1.54, 1.807) is 6.07 Å². The molecule has 1 saturated heterocycles. The summed E-state index contributed by atoms with van der Waals surface area (Å²) < 4.78 is 69.1. The maximum Gasteiger partial charge on any atom is 0.416 e. The molecule has 0 spiro atoms. The lowest BCUT2D eigenvalue weighted by Crippen LogP contribution is -2.32. The lowest BCUT2D eigenvalue weighted by molar-refractivity contribution is -0.137. The number of halogens is 5. The average molecular weight is 422 g/mol. The van der Waals surface area contributed by atoms with Crippen LogP contribution in [0.15, 0.2) is 35.2 Å². The van der Waals surface area contributed by atoms with Crippen LogP contribution in [0.3, 0.4) is 0 Å². The molecule has 3 rings (SSSR count). The largest absolute Gasteiger partial charge is 0.416 e. The van der Waals surface area contributed by atoms with Gasteiger partial charge in [0.25, 0.3) is 0 Å². The second kappa shape index (κ2) is 7.90. The third-order valence-corrected chi connectivity index (χ3v) is 5.91. The fraction of sp³-hybridized carbons (Fsp3) is 0.500. The van der Waals surface area contributed by atoms with Crippen molar-refractivity contribution in [3.05, 3.63) is 47.3 Å². The zero-order valence-electron chi connectivity index (χ0n) is 14.9. The summed E-state index contributed by atoms with van der Waals surface area (Å²) in [7, 11) is 0. The first-order valence-corrected chi connectivity index (χ1v) is 9.41. The van der Waals surface area contributed by atoms with Crippen LogP contribution < -0.4 is 0 Å². The van der Waals surface area contributed by atoms with E-state index in [4.69, 9.17) is 4.74 Å². The Kier molecular flexibility index (Phi) is 5.90. The minimum atomic E-state index is -4.42. The first-order chi connectivity index (χ1) is 13.1. The monoisotopic (exact) mass is 422 g/mol. The van der Waals surface area contributed by atoms with Crippen LogP contribution >= 0.6 is 11.8 Å². The zero-order chi connectivity index (χ0) is 20.5. The summed E-state index contributed by atoms with van der Waals surface area (Å²) in [5, 5.41) is 13.6. The van der Waals surface area contributed by atoms with Gasteiger partial charge in [0, 0.05) is 16.2 Å². The van der Waals surface area contributed by atoms with E-state index in [1.807, 2.05) is 6.92 Å². The number of benzene rings is 1. The lowest BCUT2D eigenvalue weighted by Gasteiger charge is -2.37. The molecule has 1 aromatic carbocycles. The van der Waals surface area contributed by atoms with Gasteiger partial charge in [0.15, 0.2) is 0 Å². The molecule has 2 aromatic rings. The van der Waals surface area contributed by atoms with Crippen LogP contribution in [-0.2, 0) is 17.3 Å². The molecule has 2 atom stereocenters. The molecule has 0 radical (unpaired) electrons. The third-order valence-electron chi connectivity index (χ3n) is 4.55. The van der Waals surface area contributed by atoms with Crippen LogP contribution in [0.2, 0.25) is 0 Å². The average Bonchev–Trinajstić information content (AvgIpc) is 2.93. The van der Waals surface area contributed by atoms with E-state index < -0.39 is 35.4 Å². The maximum atomic E-state index is 12.9. The van der Waals surface area contributed by atoms with Crippen LogP contribution in [0.25, 0.3) is 0 Å². The molecule has 28 heavy (non-hydrogen) atoms.